The summed E-state index contributed by atoms with van der Waals surface area (Å²) >= 11 is 0. The molecule has 0 aromatic heterocycles. The minimum atomic E-state index is -1.96. The van der Waals surface area contributed by atoms with Crippen LogP contribution < -0.4 is 15.9 Å². The first-order valence-electron chi connectivity index (χ1n) is 11.7. The van der Waals surface area contributed by atoms with Gasteiger partial charge in [0.1, 0.15) is 35.4 Å². The van der Waals surface area contributed by atoms with Gasteiger partial charge in [0.05, 0.1) is 6.16 Å². The molecule has 0 aliphatic carbocycles. The standard InChI is InChI=1S/C29H34O3PSi/c1-34(2,3)32-29(31)24-25(30)16-8-7-15-23-33(26-17-9-4-10-18-26,27-19-11-5-12-20-27)28-21-13-6-14-22-28/h4-7,9-15,17-22H,8,16,23-24H2,1-3H3/q+1/b15-7+. The number of benzene rings is 3. The van der Waals surface area contributed by atoms with E-state index in [0.29, 0.717) is 12.8 Å². The molecule has 0 spiro atoms. The van der Waals surface area contributed by atoms with Crippen LogP contribution in [-0.2, 0) is 14.0 Å². The smallest absolute Gasteiger partial charge is 0.299 e. The first-order valence-corrected chi connectivity index (χ1v) is 17.1. The van der Waals surface area contributed by atoms with E-state index >= 15 is 0 Å². The van der Waals surface area contributed by atoms with Gasteiger partial charge in [-0.05, 0) is 62.5 Å². The molecular formula is C29H34O3PSi+. The van der Waals surface area contributed by atoms with Gasteiger partial charge in [0.25, 0.3) is 5.97 Å². The minimum absolute atomic E-state index is 0.0665. The van der Waals surface area contributed by atoms with Gasteiger partial charge in [0.15, 0.2) is 0 Å². The zero-order valence-corrected chi connectivity index (χ0v) is 22.2. The van der Waals surface area contributed by atoms with E-state index in [1.807, 2.05) is 19.6 Å². The van der Waals surface area contributed by atoms with Crippen molar-refractivity contribution < 1.29 is 14.0 Å². The first-order chi connectivity index (χ1) is 16.3. The number of ketones is 1. The Morgan fingerprint density at radius 3 is 1.59 bits per heavy atom. The lowest BCUT2D eigenvalue weighted by atomic mass is 10.1. The molecule has 0 fully saturated rings. The third kappa shape index (κ3) is 7.09. The Hall–Kier alpha value is -2.81. The summed E-state index contributed by atoms with van der Waals surface area (Å²) in [5.74, 6) is -0.460. The van der Waals surface area contributed by atoms with Crippen molar-refractivity contribution in [1.29, 1.82) is 0 Å². The Bertz CT molecular complexity index is 994. The maximum Gasteiger partial charge on any atom is 0.299 e. The maximum atomic E-state index is 12.3. The van der Waals surface area contributed by atoms with E-state index in [0.717, 1.165) is 6.16 Å². The molecule has 3 rings (SSSR count). The fraction of sp³-hybridized carbons (Fsp3) is 0.241. The van der Waals surface area contributed by atoms with E-state index in [2.05, 4.69) is 103 Å². The Morgan fingerprint density at radius 1 is 0.735 bits per heavy atom. The van der Waals surface area contributed by atoms with Crippen molar-refractivity contribution in [3.05, 3.63) is 103 Å². The number of carbonyl (C=O) groups is 2. The molecule has 34 heavy (non-hydrogen) atoms. The molecule has 0 saturated carbocycles. The highest BCUT2D eigenvalue weighted by Gasteiger charge is 2.44. The molecule has 0 saturated heterocycles. The summed E-state index contributed by atoms with van der Waals surface area (Å²) in [5.41, 5.74) is 0. The molecule has 0 N–H and O–H groups in total. The first kappa shape index (κ1) is 25.8. The van der Waals surface area contributed by atoms with Crippen molar-refractivity contribution in [2.24, 2.45) is 0 Å². The largest absolute Gasteiger partial charge is 0.520 e. The summed E-state index contributed by atoms with van der Waals surface area (Å²) in [6.07, 6.45) is 6.02. The van der Waals surface area contributed by atoms with Crippen LogP contribution in [0.1, 0.15) is 19.3 Å². The Morgan fingerprint density at radius 2 is 1.18 bits per heavy atom. The van der Waals surface area contributed by atoms with Gasteiger partial charge in [-0.1, -0.05) is 66.7 Å². The minimum Gasteiger partial charge on any atom is -0.520 e. The van der Waals surface area contributed by atoms with Crippen molar-refractivity contribution in [3.8, 4) is 0 Å². The number of hydrogen-bond donors (Lipinski definition) is 0. The second-order valence-corrected chi connectivity index (χ2v) is 17.3. The van der Waals surface area contributed by atoms with Crippen LogP contribution in [0.25, 0.3) is 0 Å². The van der Waals surface area contributed by atoms with E-state index in [4.69, 9.17) is 4.43 Å². The highest BCUT2D eigenvalue weighted by Crippen LogP contribution is 2.55. The number of carbonyl (C=O) groups excluding carboxylic acids is 2. The SMILES string of the molecule is C[Si](C)(C)OC(=O)CC(=O)CC/C=C/C[P+](c1ccccc1)(c1ccccc1)c1ccccc1. The predicted octanol–water partition coefficient (Wildman–Crippen LogP) is 5.65. The summed E-state index contributed by atoms with van der Waals surface area (Å²) in [6.45, 7) is 5.83. The fourth-order valence-corrected chi connectivity index (χ4v) is 8.82. The van der Waals surface area contributed by atoms with E-state index in [1.54, 1.807) is 0 Å². The van der Waals surface area contributed by atoms with Gasteiger partial charge in [-0.3, -0.25) is 9.59 Å². The second-order valence-electron chi connectivity index (χ2n) is 9.31. The lowest BCUT2D eigenvalue weighted by Crippen LogP contribution is -2.32. The van der Waals surface area contributed by atoms with Gasteiger partial charge in [0, 0.05) is 6.42 Å². The zero-order valence-electron chi connectivity index (χ0n) is 20.3. The van der Waals surface area contributed by atoms with Gasteiger partial charge in [-0.25, -0.2) is 0 Å². The molecule has 0 unspecified atom stereocenters. The van der Waals surface area contributed by atoms with Crippen molar-refractivity contribution in [1.82, 2.24) is 0 Å². The molecule has 3 nitrogen and oxygen atoms in total. The average molecular weight is 490 g/mol. The topological polar surface area (TPSA) is 43.4 Å². The fourth-order valence-electron chi connectivity index (χ4n) is 4.03. The Kier molecular flexibility index (Phi) is 9.15. The maximum absolute atomic E-state index is 12.3. The Labute approximate surface area is 205 Å². The summed E-state index contributed by atoms with van der Waals surface area (Å²) in [7, 11) is -3.87. The molecule has 0 aliphatic heterocycles. The van der Waals surface area contributed by atoms with Gasteiger partial charge >= 0.3 is 0 Å². The molecule has 0 heterocycles. The molecule has 176 valence electrons. The van der Waals surface area contributed by atoms with E-state index in [1.165, 1.54) is 15.9 Å². The lowest BCUT2D eigenvalue weighted by molar-refractivity contribution is -0.138. The monoisotopic (exact) mass is 489 g/mol. The van der Waals surface area contributed by atoms with Crippen LogP contribution in [0.15, 0.2) is 103 Å². The third-order valence-electron chi connectivity index (χ3n) is 5.49. The van der Waals surface area contributed by atoms with Crippen molar-refractivity contribution >= 4 is 43.2 Å². The quantitative estimate of drug-likeness (QED) is 0.151. The van der Waals surface area contributed by atoms with Gasteiger partial charge in [-0.15, -0.1) is 0 Å². The highest BCUT2D eigenvalue weighted by atomic mass is 31.2. The predicted molar refractivity (Wildman–Crippen MR) is 147 cm³/mol. The molecule has 0 radical (unpaired) electrons. The highest BCUT2D eigenvalue weighted by molar-refractivity contribution is 7.95. The molecule has 0 amide bonds. The van der Waals surface area contributed by atoms with Gasteiger partial charge < -0.3 is 4.43 Å². The third-order valence-corrected chi connectivity index (χ3v) is 10.6. The van der Waals surface area contributed by atoms with Gasteiger partial charge in [-0.2, -0.15) is 0 Å². The summed E-state index contributed by atoms with van der Waals surface area (Å²) in [4.78, 5) is 24.2. The van der Waals surface area contributed by atoms with Crippen LogP contribution in [0.2, 0.25) is 19.6 Å². The molecule has 0 aliphatic rings. The van der Waals surface area contributed by atoms with Crippen molar-refractivity contribution in [3.63, 3.8) is 0 Å². The van der Waals surface area contributed by atoms with Crippen molar-refractivity contribution in [2.75, 3.05) is 6.16 Å². The second kappa shape index (κ2) is 12.1. The molecule has 0 atom stereocenters. The summed E-state index contributed by atoms with van der Waals surface area (Å²) < 4.78 is 5.39. The van der Waals surface area contributed by atoms with Crippen LogP contribution in [0.3, 0.4) is 0 Å². The number of hydrogen-bond acceptors (Lipinski definition) is 3. The molecule has 0 bridgehead atoms. The van der Waals surface area contributed by atoms with Crippen LogP contribution >= 0.6 is 7.26 Å². The average Bonchev–Trinajstić information content (AvgIpc) is 2.82. The van der Waals surface area contributed by atoms with Crippen molar-refractivity contribution in [2.45, 2.75) is 38.9 Å². The number of rotatable bonds is 11. The Balaban J connectivity index is 1.79. The summed E-state index contributed by atoms with van der Waals surface area (Å²) in [5, 5.41) is 4.01. The number of allylic oxidation sites excluding steroid dienone is 2. The zero-order chi connectivity index (χ0) is 24.4. The summed E-state index contributed by atoms with van der Waals surface area (Å²) in [6, 6.07) is 32.2. The lowest BCUT2D eigenvalue weighted by Gasteiger charge is -2.26. The normalized spacial score (nSPS) is 12.0. The van der Waals surface area contributed by atoms with E-state index in [9.17, 15) is 9.59 Å². The molecule has 3 aromatic carbocycles. The number of Topliss-reactive ketones (excluding diaryl/α,β-unsaturated/α-hetero) is 1. The van der Waals surface area contributed by atoms with Crippen LogP contribution in [0.4, 0.5) is 0 Å². The van der Waals surface area contributed by atoms with Crippen LogP contribution in [-0.4, -0.2) is 26.2 Å². The van der Waals surface area contributed by atoms with Crippen LogP contribution in [0, 0.1) is 0 Å². The molecule has 3 aromatic rings. The van der Waals surface area contributed by atoms with Gasteiger partial charge in [0.2, 0.25) is 8.32 Å². The molecular weight excluding hydrogens is 455 g/mol. The van der Waals surface area contributed by atoms with E-state index in [-0.39, 0.29) is 12.2 Å². The molecule has 5 heteroatoms. The van der Waals surface area contributed by atoms with E-state index < -0.39 is 21.5 Å². The van der Waals surface area contributed by atoms with Crippen LogP contribution in [0.5, 0.6) is 0 Å².